The summed E-state index contributed by atoms with van der Waals surface area (Å²) in [4.78, 5) is 4.00. The van der Waals surface area contributed by atoms with Crippen LogP contribution in [-0.2, 0) is 6.54 Å². The van der Waals surface area contributed by atoms with Gasteiger partial charge in [0.2, 0.25) is 0 Å². The van der Waals surface area contributed by atoms with Crippen LogP contribution in [0, 0.1) is 5.41 Å². The van der Waals surface area contributed by atoms with Gasteiger partial charge in [-0.2, -0.15) is 0 Å². The average Bonchev–Trinajstić information content (AvgIpc) is 3.00. The zero-order valence-electron chi connectivity index (χ0n) is 9.20. The third-order valence-corrected chi connectivity index (χ3v) is 3.29. The molecule has 0 saturated heterocycles. The molecule has 0 bridgehead atoms. The van der Waals surface area contributed by atoms with Crippen molar-refractivity contribution in [2.24, 2.45) is 5.41 Å². The maximum atomic E-state index is 4.00. The minimum Gasteiger partial charge on any atom is -0.312 e. The van der Waals surface area contributed by atoms with Crippen molar-refractivity contribution in [3.63, 3.8) is 0 Å². The van der Waals surface area contributed by atoms with E-state index < -0.39 is 0 Å². The number of nitrogens with zero attached hydrogens (tertiary/aromatic N) is 1. The van der Waals surface area contributed by atoms with Crippen molar-refractivity contribution in [1.82, 2.24) is 10.3 Å². The summed E-state index contributed by atoms with van der Waals surface area (Å²) < 4.78 is 0. The summed E-state index contributed by atoms with van der Waals surface area (Å²) in [6, 6.07) is 4.14. The van der Waals surface area contributed by atoms with Crippen molar-refractivity contribution in [3.05, 3.63) is 30.1 Å². The molecule has 15 heavy (non-hydrogen) atoms. The highest BCUT2D eigenvalue weighted by molar-refractivity contribution is 5.85. The summed E-state index contributed by atoms with van der Waals surface area (Å²) in [7, 11) is 0. The molecule has 1 saturated carbocycles. The van der Waals surface area contributed by atoms with E-state index in [1.807, 2.05) is 12.4 Å². The van der Waals surface area contributed by atoms with Crippen LogP contribution < -0.4 is 5.32 Å². The van der Waals surface area contributed by atoms with E-state index in [0.717, 1.165) is 6.54 Å². The van der Waals surface area contributed by atoms with Gasteiger partial charge in [-0.15, -0.1) is 12.4 Å². The van der Waals surface area contributed by atoms with E-state index in [1.165, 1.54) is 31.4 Å². The minimum absolute atomic E-state index is 0. The lowest BCUT2D eigenvalue weighted by Crippen LogP contribution is -2.23. The summed E-state index contributed by atoms with van der Waals surface area (Å²) in [6.45, 7) is 4.44. The molecule has 1 aromatic rings. The number of aromatic nitrogens is 1. The topological polar surface area (TPSA) is 24.9 Å². The van der Waals surface area contributed by atoms with E-state index in [0.29, 0.717) is 5.41 Å². The Hall–Kier alpha value is -0.600. The first-order valence-electron chi connectivity index (χ1n) is 5.44. The summed E-state index contributed by atoms with van der Waals surface area (Å²) in [5.41, 5.74) is 1.97. The van der Waals surface area contributed by atoms with Crippen molar-refractivity contribution in [3.8, 4) is 0 Å². The van der Waals surface area contributed by atoms with Crippen LogP contribution >= 0.6 is 12.4 Å². The Labute approximate surface area is 97.9 Å². The fourth-order valence-electron chi connectivity index (χ4n) is 1.80. The first-order chi connectivity index (χ1) is 6.85. The molecule has 0 amide bonds. The zero-order valence-corrected chi connectivity index (χ0v) is 10.0. The predicted octanol–water partition coefficient (Wildman–Crippen LogP) is 2.78. The van der Waals surface area contributed by atoms with Gasteiger partial charge < -0.3 is 5.32 Å². The van der Waals surface area contributed by atoms with E-state index in [-0.39, 0.29) is 12.4 Å². The lowest BCUT2D eigenvalue weighted by Gasteiger charge is -2.13. The van der Waals surface area contributed by atoms with Crippen molar-refractivity contribution in [1.29, 1.82) is 0 Å². The Morgan fingerprint density at radius 1 is 1.33 bits per heavy atom. The fourth-order valence-corrected chi connectivity index (χ4v) is 1.80. The SMILES string of the molecule is CCC1(CNCc2ccncc2)CC1.Cl. The molecular formula is C12H19ClN2. The van der Waals surface area contributed by atoms with Crippen LogP contribution in [0.1, 0.15) is 31.7 Å². The Bertz CT molecular complexity index is 283. The summed E-state index contributed by atoms with van der Waals surface area (Å²) in [5.74, 6) is 0. The van der Waals surface area contributed by atoms with E-state index in [4.69, 9.17) is 0 Å². The fraction of sp³-hybridized carbons (Fsp3) is 0.583. The van der Waals surface area contributed by atoms with Crippen LogP contribution in [-0.4, -0.2) is 11.5 Å². The molecule has 1 aliphatic rings. The van der Waals surface area contributed by atoms with Gasteiger partial charge in [0, 0.05) is 25.5 Å². The van der Waals surface area contributed by atoms with Gasteiger partial charge in [-0.25, -0.2) is 0 Å². The third kappa shape index (κ3) is 3.47. The van der Waals surface area contributed by atoms with Crippen LogP contribution in [0.25, 0.3) is 0 Å². The van der Waals surface area contributed by atoms with E-state index >= 15 is 0 Å². The van der Waals surface area contributed by atoms with Gasteiger partial charge in [-0.05, 0) is 42.4 Å². The van der Waals surface area contributed by atoms with E-state index in [2.05, 4.69) is 29.4 Å². The van der Waals surface area contributed by atoms with Crippen LogP contribution in [0.5, 0.6) is 0 Å². The minimum atomic E-state index is 0. The van der Waals surface area contributed by atoms with Gasteiger partial charge >= 0.3 is 0 Å². The second-order valence-corrected chi connectivity index (χ2v) is 4.31. The number of halogens is 1. The van der Waals surface area contributed by atoms with Gasteiger partial charge in [-0.3, -0.25) is 4.98 Å². The Morgan fingerprint density at radius 2 is 2.00 bits per heavy atom. The van der Waals surface area contributed by atoms with Gasteiger partial charge in [0.25, 0.3) is 0 Å². The summed E-state index contributed by atoms with van der Waals surface area (Å²) in [5, 5.41) is 3.53. The molecule has 1 aliphatic carbocycles. The first kappa shape index (κ1) is 12.5. The number of hydrogen-bond donors (Lipinski definition) is 1. The maximum Gasteiger partial charge on any atom is 0.0271 e. The van der Waals surface area contributed by atoms with Crippen LogP contribution in [0.15, 0.2) is 24.5 Å². The molecule has 0 unspecified atom stereocenters. The van der Waals surface area contributed by atoms with Crippen LogP contribution in [0.3, 0.4) is 0 Å². The van der Waals surface area contributed by atoms with Crippen molar-refractivity contribution in [2.45, 2.75) is 32.7 Å². The quantitative estimate of drug-likeness (QED) is 0.835. The summed E-state index contributed by atoms with van der Waals surface area (Å²) in [6.07, 6.45) is 7.84. The molecule has 1 heterocycles. The van der Waals surface area contributed by atoms with E-state index in [1.54, 1.807) is 0 Å². The molecule has 3 heteroatoms. The maximum absolute atomic E-state index is 4.00. The average molecular weight is 227 g/mol. The number of hydrogen-bond acceptors (Lipinski definition) is 2. The Balaban J connectivity index is 0.00000112. The second-order valence-electron chi connectivity index (χ2n) is 4.31. The molecule has 1 fully saturated rings. The summed E-state index contributed by atoms with van der Waals surface area (Å²) >= 11 is 0. The molecule has 84 valence electrons. The zero-order chi connectivity index (χ0) is 9.86. The molecule has 1 aromatic heterocycles. The highest BCUT2D eigenvalue weighted by atomic mass is 35.5. The molecule has 0 aliphatic heterocycles. The number of nitrogens with one attached hydrogen (secondary N) is 1. The molecule has 0 aromatic carbocycles. The molecule has 0 radical (unpaired) electrons. The highest BCUT2D eigenvalue weighted by Crippen LogP contribution is 2.47. The lowest BCUT2D eigenvalue weighted by molar-refractivity contribution is 0.443. The van der Waals surface area contributed by atoms with Gasteiger partial charge in [0.05, 0.1) is 0 Å². The predicted molar refractivity (Wildman–Crippen MR) is 65.1 cm³/mol. The molecule has 2 nitrogen and oxygen atoms in total. The van der Waals surface area contributed by atoms with Crippen LogP contribution in [0.2, 0.25) is 0 Å². The van der Waals surface area contributed by atoms with Crippen molar-refractivity contribution in [2.75, 3.05) is 6.54 Å². The normalized spacial score (nSPS) is 16.9. The molecular weight excluding hydrogens is 208 g/mol. The Kier molecular flexibility index (Phi) is 4.55. The molecule has 2 rings (SSSR count). The molecule has 0 atom stereocenters. The monoisotopic (exact) mass is 226 g/mol. The molecule has 1 N–H and O–H groups in total. The highest BCUT2D eigenvalue weighted by Gasteiger charge is 2.39. The van der Waals surface area contributed by atoms with Crippen LogP contribution in [0.4, 0.5) is 0 Å². The van der Waals surface area contributed by atoms with Gasteiger partial charge in [0.15, 0.2) is 0 Å². The number of pyridine rings is 1. The first-order valence-corrected chi connectivity index (χ1v) is 5.44. The van der Waals surface area contributed by atoms with Crippen molar-refractivity contribution < 1.29 is 0 Å². The van der Waals surface area contributed by atoms with Gasteiger partial charge in [-0.1, -0.05) is 6.92 Å². The molecule has 0 spiro atoms. The van der Waals surface area contributed by atoms with E-state index in [9.17, 15) is 0 Å². The van der Waals surface area contributed by atoms with Gasteiger partial charge in [0.1, 0.15) is 0 Å². The Morgan fingerprint density at radius 3 is 2.53 bits per heavy atom. The standard InChI is InChI=1S/C12H18N2.ClH/c1-2-12(5-6-12)10-14-9-11-3-7-13-8-4-11;/h3-4,7-8,14H,2,5-6,9-10H2,1H3;1H. The lowest BCUT2D eigenvalue weighted by atomic mass is 10.0. The third-order valence-electron chi connectivity index (χ3n) is 3.29. The van der Waals surface area contributed by atoms with Crippen molar-refractivity contribution >= 4 is 12.4 Å². The largest absolute Gasteiger partial charge is 0.312 e. The number of rotatable bonds is 5. The second kappa shape index (κ2) is 5.47. The smallest absolute Gasteiger partial charge is 0.0271 e.